The molecule has 0 spiro atoms. The molecule has 0 aliphatic heterocycles. The van der Waals surface area contributed by atoms with Crippen molar-refractivity contribution in [2.45, 2.75) is 6.92 Å². The van der Waals surface area contributed by atoms with Crippen LogP contribution in [0.25, 0.3) is 0 Å². The van der Waals surface area contributed by atoms with Gasteiger partial charge in [-0.1, -0.05) is 12.1 Å². The van der Waals surface area contributed by atoms with Gasteiger partial charge in [-0.2, -0.15) is 0 Å². The Morgan fingerprint density at radius 2 is 2.29 bits per heavy atom. The number of ether oxygens (including phenoxy) is 1. The summed E-state index contributed by atoms with van der Waals surface area (Å²) in [5.74, 6) is -0.530. The molecule has 0 fully saturated rings. The molecule has 14 heavy (non-hydrogen) atoms. The lowest BCUT2D eigenvalue weighted by atomic mass is 10.2. The molecule has 0 aliphatic rings. The fourth-order valence-corrected chi connectivity index (χ4v) is 0.948. The summed E-state index contributed by atoms with van der Waals surface area (Å²) < 4.78 is 4.73. The van der Waals surface area contributed by atoms with Crippen LogP contribution in [0, 0.1) is 17.0 Å². The van der Waals surface area contributed by atoms with Gasteiger partial charge in [0.25, 0.3) is 6.54 Å². The first-order valence-corrected chi connectivity index (χ1v) is 3.97. The van der Waals surface area contributed by atoms with Crippen LogP contribution in [0.2, 0.25) is 0 Å². The molecule has 0 saturated heterocycles. The van der Waals surface area contributed by atoms with E-state index >= 15 is 0 Å². The van der Waals surface area contributed by atoms with E-state index < -0.39 is 17.4 Å². The van der Waals surface area contributed by atoms with Gasteiger partial charge in [0.15, 0.2) is 0 Å². The monoisotopic (exact) mass is 195 g/mol. The Bertz CT molecular complexity index is 362. The number of carbonyl (C=O) groups excluding carboxylic acids is 1. The van der Waals surface area contributed by atoms with Crippen LogP contribution in [0.4, 0.5) is 0 Å². The highest BCUT2D eigenvalue weighted by molar-refractivity contribution is 5.73. The van der Waals surface area contributed by atoms with Crippen molar-refractivity contribution in [3.63, 3.8) is 0 Å². The van der Waals surface area contributed by atoms with Crippen LogP contribution in [0.5, 0.6) is 5.75 Å². The lowest BCUT2D eigenvalue weighted by Crippen LogP contribution is -2.19. The molecule has 1 rings (SSSR count). The average molecular weight is 195 g/mol. The summed E-state index contributed by atoms with van der Waals surface area (Å²) in [5, 5.41) is 9.97. The number of rotatable bonds is 3. The van der Waals surface area contributed by atoms with E-state index in [1.54, 1.807) is 18.2 Å². The molecule has 0 heterocycles. The highest BCUT2D eigenvalue weighted by atomic mass is 16.6. The Hall–Kier alpha value is -1.91. The minimum Gasteiger partial charge on any atom is -0.422 e. The molecule has 0 unspecified atom stereocenters. The fourth-order valence-electron chi connectivity index (χ4n) is 0.948. The molecule has 0 amide bonds. The normalized spacial score (nSPS) is 9.50. The SMILES string of the molecule is Cc1cccc(OC(=O)C[N+](=O)[O-])c1. The summed E-state index contributed by atoms with van der Waals surface area (Å²) in [6, 6.07) is 6.76. The Kier molecular flexibility index (Phi) is 3.17. The molecular weight excluding hydrogens is 186 g/mol. The van der Waals surface area contributed by atoms with Gasteiger partial charge in [-0.3, -0.25) is 10.1 Å². The van der Waals surface area contributed by atoms with Crippen LogP contribution in [-0.2, 0) is 4.79 Å². The van der Waals surface area contributed by atoms with Crippen molar-refractivity contribution < 1.29 is 14.5 Å². The maximum Gasteiger partial charge on any atom is 0.383 e. The number of benzene rings is 1. The predicted octanol–water partition coefficient (Wildman–Crippen LogP) is 1.18. The van der Waals surface area contributed by atoms with E-state index in [4.69, 9.17) is 4.74 Å². The van der Waals surface area contributed by atoms with Crippen LogP contribution >= 0.6 is 0 Å². The summed E-state index contributed by atoms with van der Waals surface area (Å²) >= 11 is 0. The molecular formula is C9H9NO4. The van der Waals surface area contributed by atoms with E-state index in [0.29, 0.717) is 5.75 Å². The molecule has 74 valence electrons. The van der Waals surface area contributed by atoms with Gasteiger partial charge in [-0.15, -0.1) is 0 Å². The highest BCUT2D eigenvalue weighted by Crippen LogP contribution is 2.12. The van der Waals surface area contributed by atoms with Gasteiger partial charge >= 0.3 is 5.97 Å². The predicted molar refractivity (Wildman–Crippen MR) is 48.7 cm³/mol. The van der Waals surface area contributed by atoms with Gasteiger partial charge in [0, 0.05) is 4.92 Å². The largest absolute Gasteiger partial charge is 0.422 e. The number of nitrogens with zero attached hydrogens (tertiary/aromatic N) is 1. The van der Waals surface area contributed by atoms with Gasteiger partial charge in [0.05, 0.1) is 0 Å². The van der Waals surface area contributed by atoms with E-state index in [0.717, 1.165) is 5.56 Å². The van der Waals surface area contributed by atoms with Crippen molar-refractivity contribution in [1.82, 2.24) is 0 Å². The molecule has 5 nitrogen and oxygen atoms in total. The van der Waals surface area contributed by atoms with Crippen LogP contribution in [0.15, 0.2) is 24.3 Å². The topological polar surface area (TPSA) is 69.4 Å². The molecule has 0 aliphatic carbocycles. The summed E-state index contributed by atoms with van der Waals surface area (Å²) in [6.45, 7) is 1.03. The average Bonchev–Trinajstić information content (AvgIpc) is 2.01. The maximum absolute atomic E-state index is 10.9. The summed E-state index contributed by atoms with van der Waals surface area (Å²) in [7, 11) is 0. The van der Waals surface area contributed by atoms with E-state index in [1.165, 1.54) is 0 Å². The van der Waals surface area contributed by atoms with Gasteiger partial charge < -0.3 is 4.74 Å². The zero-order valence-corrected chi connectivity index (χ0v) is 7.60. The quantitative estimate of drug-likeness (QED) is 0.314. The molecule has 1 aromatic rings. The molecule has 0 N–H and O–H groups in total. The number of esters is 1. The van der Waals surface area contributed by atoms with Crippen molar-refractivity contribution in [1.29, 1.82) is 0 Å². The number of nitro groups is 1. The Morgan fingerprint density at radius 3 is 2.86 bits per heavy atom. The van der Waals surface area contributed by atoms with E-state index in [-0.39, 0.29) is 0 Å². The number of carbonyl (C=O) groups is 1. The summed E-state index contributed by atoms with van der Waals surface area (Å²) in [6.07, 6.45) is 0. The van der Waals surface area contributed by atoms with Gasteiger partial charge in [-0.05, 0) is 24.6 Å². The van der Waals surface area contributed by atoms with Crippen molar-refractivity contribution in [2.75, 3.05) is 6.54 Å². The third kappa shape index (κ3) is 3.22. The number of hydrogen-bond donors (Lipinski definition) is 0. The summed E-state index contributed by atoms with van der Waals surface area (Å²) in [4.78, 5) is 20.1. The molecule has 0 aromatic heterocycles. The molecule has 0 saturated carbocycles. The highest BCUT2D eigenvalue weighted by Gasteiger charge is 2.11. The zero-order valence-electron chi connectivity index (χ0n) is 7.60. The first kappa shape index (κ1) is 10.2. The van der Waals surface area contributed by atoms with Gasteiger partial charge in [0.1, 0.15) is 5.75 Å². The van der Waals surface area contributed by atoms with Crippen molar-refractivity contribution >= 4 is 5.97 Å². The maximum atomic E-state index is 10.9. The standard InChI is InChI=1S/C9H9NO4/c1-7-3-2-4-8(5-7)14-9(11)6-10(12)13/h2-5H,6H2,1H3. The molecule has 1 aromatic carbocycles. The molecule has 0 atom stereocenters. The van der Waals surface area contributed by atoms with E-state index in [2.05, 4.69) is 0 Å². The van der Waals surface area contributed by atoms with Crippen LogP contribution < -0.4 is 4.74 Å². The smallest absolute Gasteiger partial charge is 0.383 e. The van der Waals surface area contributed by atoms with Gasteiger partial charge in [-0.25, -0.2) is 4.79 Å². The molecule has 0 radical (unpaired) electrons. The Balaban J connectivity index is 2.60. The molecule has 5 heteroatoms. The van der Waals surface area contributed by atoms with Gasteiger partial charge in [0.2, 0.25) is 0 Å². The zero-order chi connectivity index (χ0) is 10.6. The fraction of sp³-hybridized carbons (Fsp3) is 0.222. The second kappa shape index (κ2) is 4.36. The minimum absolute atomic E-state index is 0.330. The minimum atomic E-state index is -0.861. The number of hydrogen-bond acceptors (Lipinski definition) is 4. The Labute approximate surface area is 80.5 Å². The molecule has 0 bridgehead atoms. The van der Waals surface area contributed by atoms with E-state index in [1.807, 2.05) is 13.0 Å². The second-order valence-electron chi connectivity index (χ2n) is 2.78. The first-order valence-electron chi connectivity index (χ1n) is 3.97. The van der Waals surface area contributed by atoms with Crippen LogP contribution in [0.1, 0.15) is 5.56 Å². The van der Waals surface area contributed by atoms with E-state index in [9.17, 15) is 14.9 Å². The number of aryl methyl sites for hydroxylation is 1. The lowest BCUT2D eigenvalue weighted by molar-refractivity contribution is -0.469. The summed E-state index contributed by atoms with van der Waals surface area (Å²) in [5.41, 5.74) is 0.927. The van der Waals surface area contributed by atoms with Crippen LogP contribution in [0.3, 0.4) is 0 Å². The third-order valence-corrected chi connectivity index (χ3v) is 1.48. The third-order valence-electron chi connectivity index (χ3n) is 1.48. The van der Waals surface area contributed by atoms with Crippen LogP contribution in [-0.4, -0.2) is 17.4 Å². The van der Waals surface area contributed by atoms with Crippen molar-refractivity contribution in [2.24, 2.45) is 0 Å². The Morgan fingerprint density at radius 1 is 1.57 bits per heavy atom. The second-order valence-corrected chi connectivity index (χ2v) is 2.78. The van der Waals surface area contributed by atoms with Crippen molar-refractivity contribution in [3.05, 3.63) is 39.9 Å². The van der Waals surface area contributed by atoms with Crippen molar-refractivity contribution in [3.8, 4) is 5.75 Å². The first-order chi connectivity index (χ1) is 6.58. The lowest BCUT2D eigenvalue weighted by Gasteiger charge is -2.01.